The summed E-state index contributed by atoms with van der Waals surface area (Å²) in [5.74, 6) is 3.89. The Bertz CT molecular complexity index is 393. The summed E-state index contributed by atoms with van der Waals surface area (Å²) >= 11 is 0. The van der Waals surface area contributed by atoms with Crippen LogP contribution in [0, 0.1) is 35.9 Å². The molecule has 0 N–H and O–H groups in total. The molecule has 1 aromatic heterocycles. The fourth-order valence-corrected chi connectivity index (χ4v) is 0.715. The number of nitrogens with zero attached hydrogens (tertiary/aromatic N) is 2. The van der Waals surface area contributed by atoms with Crippen molar-refractivity contribution in [3.05, 3.63) is 29.3 Å². The van der Waals surface area contributed by atoms with E-state index >= 15 is 0 Å². The molecule has 0 aliphatic rings. The highest BCUT2D eigenvalue weighted by atomic mass is 19.1. The highest BCUT2D eigenvalue weighted by molar-refractivity contribution is 5.34. The predicted molar refractivity (Wildman–Crippen MR) is 41.4 cm³/mol. The first-order chi connectivity index (χ1) is 5.74. The maximum absolute atomic E-state index is 12.8. The summed E-state index contributed by atoms with van der Waals surface area (Å²) in [6.07, 6.45) is 0. The molecule has 0 aliphatic heterocycles. The fourth-order valence-electron chi connectivity index (χ4n) is 0.715. The SMILES string of the molecule is Cc1ccc(F)c(C#CC#N)n1. The van der Waals surface area contributed by atoms with E-state index < -0.39 is 5.82 Å². The highest BCUT2D eigenvalue weighted by Gasteiger charge is 1.98. The predicted octanol–water partition coefficient (Wildman–Crippen LogP) is 1.40. The molecule has 0 atom stereocenters. The van der Waals surface area contributed by atoms with E-state index in [4.69, 9.17) is 5.26 Å². The topological polar surface area (TPSA) is 36.7 Å². The van der Waals surface area contributed by atoms with Gasteiger partial charge in [-0.05, 0) is 25.0 Å². The Kier molecular flexibility index (Phi) is 2.40. The molecule has 1 heterocycles. The van der Waals surface area contributed by atoms with Crippen LogP contribution in [0.4, 0.5) is 4.39 Å². The van der Waals surface area contributed by atoms with Gasteiger partial charge in [0.2, 0.25) is 0 Å². The van der Waals surface area contributed by atoms with Crippen molar-refractivity contribution in [3.8, 4) is 17.9 Å². The third-order valence-electron chi connectivity index (χ3n) is 1.22. The van der Waals surface area contributed by atoms with E-state index in [1.54, 1.807) is 19.1 Å². The first-order valence-corrected chi connectivity index (χ1v) is 3.27. The van der Waals surface area contributed by atoms with E-state index in [9.17, 15) is 4.39 Å². The Hall–Kier alpha value is -1.87. The molecular formula is C9H5FN2. The number of pyridine rings is 1. The zero-order valence-corrected chi connectivity index (χ0v) is 6.43. The van der Waals surface area contributed by atoms with E-state index in [0.717, 1.165) is 0 Å². The van der Waals surface area contributed by atoms with Gasteiger partial charge in [-0.15, -0.1) is 0 Å². The Morgan fingerprint density at radius 3 is 2.92 bits per heavy atom. The molecule has 0 amide bonds. The van der Waals surface area contributed by atoms with Crippen LogP contribution >= 0.6 is 0 Å². The van der Waals surface area contributed by atoms with Gasteiger partial charge in [0, 0.05) is 11.6 Å². The lowest BCUT2D eigenvalue weighted by Crippen LogP contribution is -1.90. The molecule has 3 heteroatoms. The Morgan fingerprint density at radius 2 is 2.25 bits per heavy atom. The largest absolute Gasteiger partial charge is 0.242 e. The number of aromatic nitrogens is 1. The van der Waals surface area contributed by atoms with Crippen molar-refractivity contribution in [2.75, 3.05) is 0 Å². The van der Waals surface area contributed by atoms with E-state index in [0.29, 0.717) is 5.69 Å². The number of halogens is 1. The van der Waals surface area contributed by atoms with Crippen LogP contribution in [0.1, 0.15) is 11.4 Å². The number of rotatable bonds is 0. The molecular weight excluding hydrogens is 155 g/mol. The number of hydrogen-bond donors (Lipinski definition) is 0. The van der Waals surface area contributed by atoms with Crippen molar-refractivity contribution in [1.29, 1.82) is 5.26 Å². The zero-order valence-electron chi connectivity index (χ0n) is 6.43. The van der Waals surface area contributed by atoms with Crippen LogP contribution in [0.3, 0.4) is 0 Å². The van der Waals surface area contributed by atoms with Crippen LogP contribution < -0.4 is 0 Å². The van der Waals surface area contributed by atoms with Crippen LogP contribution in [0.15, 0.2) is 12.1 Å². The van der Waals surface area contributed by atoms with Gasteiger partial charge in [0.15, 0.2) is 11.9 Å². The summed E-state index contributed by atoms with van der Waals surface area (Å²) in [7, 11) is 0. The minimum absolute atomic E-state index is 0.0246. The molecule has 2 nitrogen and oxygen atoms in total. The molecule has 0 radical (unpaired) electrons. The van der Waals surface area contributed by atoms with Gasteiger partial charge in [0.25, 0.3) is 0 Å². The second kappa shape index (κ2) is 3.50. The third-order valence-corrected chi connectivity index (χ3v) is 1.22. The lowest BCUT2D eigenvalue weighted by atomic mass is 10.3. The normalized spacial score (nSPS) is 8.08. The molecule has 0 unspecified atom stereocenters. The van der Waals surface area contributed by atoms with Gasteiger partial charge in [-0.3, -0.25) is 0 Å². The summed E-state index contributed by atoms with van der Waals surface area (Å²) in [5.41, 5.74) is 0.704. The maximum atomic E-state index is 12.8. The van der Waals surface area contributed by atoms with Gasteiger partial charge >= 0.3 is 0 Å². The Balaban J connectivity index is 3.16. The van der Waals surface area contributed by atoms with Crippen molar-refractivity contribution >= 4 is 0 Å². The molecule has 0 saturated heterocycles. The first kappa shape index (κ1) is 8.23. The van der Waals surface area contributed by atoms with Crippen molar-refractivity contribution in [2.24, 2.45) is 0 Å². The Morgan fingerprint density at radius 1 is 1.50 bits per heavy atom. The van der Waals surface area contributed by atoms with Gasteiger partial charge < -0.3 is 0 Å². The minimum atomic E-state index is -0.497. The zero-order chi connectivity index (χ0) is 8.97. The summed E-state index contributed by atoms with van der Waals surface area (Å²) in [6.45, 7) is 1.73. The molecule has 0 spiro atoms. The van der Waals surface area contributed by atoms with Crippen molar-refractivity contribution in [2.45, 2.75) is 6.92 Å². The lowest BCUT2D eigenvalue weighted by Gasteiger charge is -1.93. The average molecular weight is 160 g/mol. The van der Waals surface area contributed by atoms with Crippen LogP contribution in [0.2, 0.25) is 0 Å². The molecule has 0 aromatic carbocycles. The maximum Gasteiger partial charge on any atom is 0.157 e. The van der Waals surface area contributed by atoms with Crippen LogP contribution in [0.5, 0.6) is 0 Å². The van der Waals surface area contributed by atoms with Crippen LogP contribution in [-0.4, -0.2) is 4.98 Å². The Labute approximate surface area is 69.7 Å². The van der Waals surface area contributed by atoms with Gasteiger partial charge in [0.05, 0.1) is 0 Å². The molecule has 0 bridgehead atoms. The molecule has 0 aliphatic carbocycles. The third kappa shape index (κ3) is 1.81. The molecule has 1 rings (SSSR count). The number of aryl methyl sites for hydroxylation is 1. The van der Waals surface area contributed by atoms with Crippen molar-refractivity contribution in [1.82, 2.24) is 4.98 Å². The van der Waals surface area contributed by atoms with E-state index in [-0.39, 0.29) is 5.69 Å². The summed E-state index contributed by atoms with van der Waals surface area (Å²) in [5, 5.41) is 8.11. The van der Waals surface area contributed by atoms with Gasteiger partial charge in [0.1, 0.15) is 5.69 Å². The summed E-state index contributed by atoms with van der Waals surface area (Å²) < 4.78 is 12.8. The van der Waals surface area contributed by atoms with E-state index in [1.165, 1.54) is 6.07 Å². The highest BCUT2D eigenvalue weighted by Crippen LogP contribution is 2.03. The van der Waals surface area contributed by atoms with Gasteiger partial charge in [-0.2, -0.15) is 5.26 Å². The quantitative estimate of drug-likeness (QED) is 0.538. The van der Waals surface area contributed by atoms with Gasteiger partial charge in [-0.25, -0.2) is 9.37 Å². The molecule has 0 fully saturated rings. The van der Waals surface area contributed by atoms with Gasteiger partial charge in [-0.1, -0.05) is 0 Å². The van der Waals surface area contributed by atoms with E-state index in [2.05, 4.69) is 16.8 Å². The monoisotopic (exact) mass is 160 g/mol. The second-order valence-electron chi connectivity index (χ2n) is 2.14. The summed E-state index contributed by atoms with van der Waals surface area (Å²) in [6, 6.07) is 4.43. The van der Waals surface area contributed by atoms with E-state index in [1.807, 2.05) is 0 Å². The second-order valence-corrected chi connectivity index (χ2v) is 2.14. The summed E-state index contributed by atoms with van der Waals surface area (Å²) in [4.78, 5) is 3.81. The fraction of sp³-hybridized carbons (Fsp3) is 0.111. The van der Waals surface area contributed by atoms with Crippen LogP contribution in [0.25, 0.3) is 0 Å². The standard InChI is InChI=1S/C9H5FN2/c1-7-4-5-8(10)9(12-7)3-2-6-11/h4-5H,1H3. The minimum Gasteiger partial charge on any atom is -0.242 e. The van der Waals surface area contributed by atoms with Crippen molar-refractivity contribution in [3.63, 3.8) is 0 Å². The average Bonchev–Trinajstić information content (AvgIpc) is 2.07. The molecule has 12 heavy (non-hydrogen) atoms. The number of hydrogen-bond acceptors (Lipinski definition) is 2. The van der Waals surface area contributed by atoms with Crippen LogP contribution in [-0.2, 0) is 0 Å². The number of nitriles is 1. The lowest BCUT2D eigenvalue weighted by molar-refractivity contribution is 0.616. The molecule has 0 saturated carbocycles. The molecule has 58 valence electrons. The molecule has 1 aromatic rings. The first-order valence-electron chi connectivity index (χ1n) is 3.27. The smallest absolute Gasteiger partial charge is 0.157 e. The van der Waals surface area contributed by atoms with Crippen molar-refractivity contribution < 1.29 is 4.39 Å².